The van der Waals surface area contributed by atoms with E-state index >= 15 is 0 Å². The predicted molar refractivity (Wildman–Crippen MR) is 84.6 cm³/mol. The molecule has 0 radical (unpaired) electrons. The monoisotopic (exact) mass is 321 g/mol. The number of amides is 1. The maximum absolute atomic E-state index is 12.0. The van der Waals surface area contributed by atoms with Crippen LogP contribution in [0.2, 0.25) is 0 Å². The summed E-state index contributed by atoms with van der Waals surface area (Å²) in [4.78, 5) is 25.0. The lowest BCUT2D eigenvalue weighted by Crippen LogP contribution is -2.36. The molecule has 1 aliphatic heterocycles. The number of esters is 1. The van der Waals surface area contributed by atoms with Crippen LogP contribution in [0.25, 0.3) is 0 Å². The van der Waals surface area contributed by atoms with Gasteiger partial charge >= 0.3 is 12.1 Å². The maximum Gasteiger partial charge on any atom is 0.410 e. The fourth-order valence-corrected chi connectivity index (χ4v) is 2.30. The Bertz CT molecular complexity index is 561. The molecule has 0 bridgehead atoms. The van der Waals surface area contributed by atoms with Crippen LogP contribution >= 0.6 is 0 Å². The summed E-state index contributed by atoms with van der Waals surface area (Å²) in [7, 11) is 1.34. The Morgan fingerprint density at radius 2 is 1.83 bits per heavy atom. The van der Waals surface area contributed by atoms with E-state index in [1.165, 1.54) is 7.11 Å². The number of hydrogen-bond acceptors (Lipinski definition) is 5. The third-order valence-electron chi connectivity index (χ3n) is 3.37. The Kier molecular flexibility index (Phi) is 5.13. The first-order chi connectivity index (χ1) is 10.8. The molecule has 1 aromatic carbocycles. The summed E-state index contributed by atoms with van der Waals surface area (Å²) in [5.41, 5.74) is -0.0265. The van der Waals surface area contributed by atoms with E-state index in [9.17, 15) is 9.59 Å². The second-order valence-corrected chi connectivity index (χ2v) is 6.47. The molecule has 1 atom stereocenters. The third kappa shape index (κ3) is 4.87. The van der Waals surface area contributed by atoms with Crippen LogP contribution in [0.4, 0.5) is 4.79 Å². The quantitative estimate of drug-likeness (QED) is 0.801. The average Bonchev–Trinajstić information content (AvgIpc) is 2.94. The molecule has 1 fully saturated rings. The molecular weight excluding hydrogens is 298 g/mol. The summed E-state index contributed by atoms with van der Waals surface area (Å²) in [5.74, 6) is 0.280. The molecule has 2 rings (SSSR count). The van der Waals surface area contributed by atoms with Gasteiger partial charge < -0.3 is 19.1 Å². The summed E-state index contributed by atoms with van der Waals surface area (Å²) in [5, 5.41) is 0. The molecule has 6 heteroatoms. The number of benzene rings is 1. The number of carbonyl (C=O) groups is 2. The molecule has 0 N–H and O–H groups in total. The fraction of sp³-hybridized carbons (Fsp3) is 0.529. The zero-order chi connectivity index (χ0) is 17.0. The van der Waals surface area contributed by atoms with Crippen LogP contribution in [0, 0.1) is 0 Å². The summed E-state index contributed by atoms with van der Waals surface area (Å²) in [6.07, 6.45) is 0.356. The highest BCUT2D eigenvalue weighted by molar-refractivity contribution is 5.89. The van der Waals surface area contributed by atoms with Crippen molar-refractivity contribution in [3.63, 3.8) is 0 Å². The van der Waals surface area contributed by atoms with Gasteiger partial charge in [-0.2, -0.15) is 0 Å². The second kappa shape index (κ2) is 6.89. The van der Waals surface area contributed by atoms with Gasteiger partial charge in [-0.25, -0.2) is 9.59 Å². The summed E-state index contributed by atoms with van der Waals surface area (Å²) in [6.45, 7) is 6.64. The predicted octanol–water partition coefficient (Wildman–Crippen LogP) is 2.86. The van der Waals surface area contributed by atoms with Crippen LogP contribution in [0.1, 0.15) is 37.6 Å². The van der Waals surface area contributed by atoms with Crippen LogP contribution in [0.3, 0.4) is 0 Å². The number of hydrogen-bond donors (Lipinski definition) is 0. The lowest BCUT2D eigenvalue weighted by atomic mass is 10.2. The highest BCUT2D eigenvalue weighted by atomic mass is 16.6. The molecule has 0 saturated carbocycles. The van der Waals surface area contributed by atoms with Gasteiger partial charge in [0.05, 0.1) is 19.2 Å². The largest absolute Gasteiger partial charge is 0.489 e. The molecule has 1 aliphatic rings. The Balaban J connectivity index is 1.88. The topological polar surface area (TPSA) is 65.1 Å². The van der Waals surface area contributed by atoms with Gasteiger partial charge in [-0.3, -0.25) is 0 Å². The molecule has 23 heavy (non-hydrogen) atoms. The van der Waals surface area contributed by atoms with Crippen molar-refractivity contribution < 1.29 is 23.8 Å². The van der Waals surface area contributed by atoms with Crippen LogP contribution < -0.4 is 4.74 Å². The standard InChI is InChI=1S/C17H23NO5/c1-17(2,3)23-16(20)18-10-9-14(11-18)22-13-7-5-12(6-8-13)15(19)21-4/h5-8,14H,9-11H2,1-4H3/t14-/m0/s1. The SMILES string of the molecule is COC(=O)c1ccc(O[C@H]2CCN(C(=O)OC(C)(C)C)C2)cc1. The molecule has 0 unspecified atom stereocenters. The van der Waals surface area contributed by atoms with Crippen LogP contribution in [0.5, 0.6) is 5.75 Å². The molecule has 6 nitrogen and oxygen atoms in total. The summed E-state index contributed by atoms with van der Waals surface area (Å²) >= 11 is 0. The van der Waals surface area contributed by atoms with Crippen molar-refractivity contribution in [3.8, 4) is 5.75 Å². The van der Waals surface area contributed by atoms with Crippen molar-refractivity contribution in [1.82, 2.24) is 4.90 Å². The van der Waals surface area contributed by atoms with Crippen LogP contribution in [-0.2, 0) is 9.47 Å². The van der Waals surface area contributed by atoms with Gasteiger partial charge in [0.25, 0.3) is 0 Å². The molecule has 1 aromatic rings. The van der Waals surface area contributed by atoms with Crippen molar-refractivity contribution >= 4 is 12.1 Å². The highest BCUT2D eigenvalue weighted by Gasteiger charge is 2.30. The second-order valence-electron chi connectivity index (χ2n) is 6.47. The van der Waals surface area contributed by atoms with E-state index in [2.05, 4.69) is 4.74 Å². The first-order valence-corrected chi connectivity index (χ1v) is 7.61. The van der Waals surface area contributed by atoms with Crippen LogP contribution in [0.15, 0.2) is 24.3 Å². The van der Waals surface area contributed by atoms with E-state index in [4.69, 9.17) is 9.47 Å². The van der Waals surface area contributed by atoms with Crippen LogP contribution in [-0.4, -0.2) is 48.9 Å². The van der Waals surface area contributed by atoms with Gasteiger partial charge in [-0.15, -0.1) is 0 Å². The number of methoxy groups -OCH3 is 1. The van der Waals surface area contributed by atoms with Crippen molar-refractivity contribution in [3.05, 3.63) is 29.8 Å². The zero-order valence-electron chi connectivity index (χ0n) is 14.0. The fourth-order valence-electron chi connectivity index (χ4n) is 2.30. The van der Waals surface area contributed by atoms with Gasteiger partial charge in [0, 0.05) is 13.0 Å². The first kappa shape index (κ1) is 17.1. The van der Waals surface area contributed by atoms with Crippen molar-refractivity contribution in [2.24, 2.45) is 0 Å². The Hall–Kier alpha value is -2.24. The highest BCUT2D eigenvalue weighted by Crippen LogP contribution is 2.21. The molecule has 1 amide bonds. The molecular formula is C17H23NO5. The smallest absolute Gasteiger partial charge is 0.410 e. The van der Waals surface area contributed by atoms with Crippen molar-refractivity contribution in [2.75, 3.05) is 20.2 Å². The number of ether oxygens (including phenoxy) is 3. The molecule has 126 valence electrons. The van der Waals surface area contributed by atoms with E-state index in [0.717, 1.165) is 6.42 Å². The number of carbonyl (C=O) groups excluding carboxylic acids is 2. The van der Waals surface area contributed by atoms with Gasteiger partial charge in [0.2, 0.25) is 0 Å². The van der Waals surface area contributed by atoms with Crippen molar-refractivity contribution in [1.29, 1.82) is 0 Å². The van der Waals surface area contributed by atoms with Gasteiger partial charge in [-0.05, 0) is 45.0 Å². The Morgan fingerprint density at radius 1 is 1.17 bits per heavy atom. The molecule has 1 heterocycles. The molecule has 0 aromatic heterocycles. The number of nitrogens with zero attached hydrogens (tertiary/aromatic N) is 1. The lowest BCUT2D eigenvalue weighted by molar-refractivity contribution is 0.0275. The summed E-state index contributed by atoms with van der Waals surface area (Å²) in [6, 6.07) is 6.76. The minimum atomic E-state index is -0.500. The molecule has 0 spiro atoms. The van der Waals surface area contributed by atoms with Gasteiger partial charge in [0.1, 0.15) is 17.5 Å². The van der Waals surface area contributed by atoms with Gasteiger partial charge in [-0.1, -0.05) is 0 Å². The number of likely N-dealkylation sites (tertiary alicyclic amines) is 1. The average molecular weight is 321 g/mol. The van der Waals surface area contributed by atoms with E-state index in [0.29, 0.717) is 24.4 Å². The van der Waals surface area contributed by atoms with Crippen molar-refractivity contribution in [2.45, 2.75) is 38.9 Å². The van der Waals surface area contributed by atoms with E-state index in [1.807, 2.05) is 20.8 Å². The minimum absolute atomic E-state index is 0.0773. The zero-order valence-corrected chi connectivity index (χ0v) is 14.0. The Labute approximate surface area is 136 Å². The van der Waals surface area contributed by atoms with E-state index in [-0.39, 0.29) is 18.2 Å². The van der Waals surface area contributed by atoms with Gasteiger partial charge in [0.15, 0.2) is 0 Å². The van der Waals surface area contributed by atoms with E-state index in [1.54, 1.807) is 29.2 Å². The van der Waals surface area contributed by atoms with E-state index < -0.39 is 5.60 Å². The maximum atomic E-state index is 12.0. The lowest BCUT2D eigenvalue weighted by Gasteiger charge is -2.24. The summed E-state index contributed by atoms with van der Waals surface area (Å²) < 4.78 is 15.9. The third-order valence-corrected chi connectivity index (χ3v) is 3.37. The normalized spacial score (nSPS) is 17.7. The minimum Gasteiger partial charge on any atom is -0.489 e. The number of rotatable bonds is 3. The first-order valence-electron chi connectivity index (χ1n) is 7.61. The Morgan fingerprint density at radius 3 is 2.39 bits per heavy atom. The molecule has 0 aliphatic carbocycles. The molecule has 1 saturated heterocycles.